The third-order valence-corrected chi connectivity index (χ3v) is 6.19. The van der Waals surface area contributed by atoms with Crippen molar-refractivity contribution < 1.29 is 0 Å². The molecule has 2 heterocycles. The van der Waals surface area contributed by atoms with Crippen LogP contribution in [-0.4, -0.2) is 42.1 Å². The number of anilines is 1. The molecule has 0 N–H and O–H groups in total. The van der Waals surface area contributed by atoms with E-state index in [2.05, 4.69) is 55.8 Å². The van der Waals surface area contributed by atoms with Crippen LogP contribution in [0.2, 0.25) is 0 Å². The van der Waals surface area contributed by atoms with Gasteiger partial charge in [0.05, 0.1) is 11.2 Å². The van der Waals surface area contributed by atoms with Gasteiger partial charge in [-0.1, -0.05) is 41.8 Å². The van der Waals surface area contributed by atoms with E-state index < -0.39 is 0 Å². The molecule has 128 valence electrons. The summed E-state index contributed by atoms with van der Waals surface area (Å²) < 4.78 is 1.14. The van der Waals surface area contributed by atoms with Crippen LogP contribution in [0.25, 0.3) is 10.9 Å². The third-order valence-electron chi connectivity index (χ3n) is 5.73. The van der Waals surface area contributed by atoms with Crippen LogP contribution >= 0.6 is 15.9 Å². The van der Waals surface area contributed by atoms with Crippen molar-refractivity contribution in [1.82, 2.24) is 9.88 Å². The van der Waals surface area contributed by atoms with Crippen molar-refractivity contribution in [2.24, 2.45) is 5.92 Å². The number of hydrogen-bond donors (Lipinski definition) is 0. The Morgan fingerprint density at radius 2 is 1.96 bits per heavy atom. The molecule has 1 aromatic heterocycles. The number of benzene rings is 1. The lowest BCUT2D eigenvalue weighted by Gasteiger charge is -2.42. The number of piperazine rings is 1. The fourth-order valence-electron chi connectivity index (χ4n) is 4.44. The Balaban J connectivity index is 1.50. The summed E-state index contributed by atoms with van der Waals surface area (Å²) in [5.41, 5.74) is 2.40. The van der Waals surface area contributed by atoms with Crippen molar-refractivity contribution in [2.45, 2.75) is 38.6 Å². The maximum atomic E-state index is 4.64. The first-order chi connectivity index (χ1) is 11.7. The highest BCUT2D eigenvalue weighted by atomic mass is 79.9. The topological polar surface area (TPSA) is 19.4 Å². The molecule has 1 saturated carbocycles. The van der Waals surface area contributed by atoms with Gasteiger partial charge in [-0.2, -0.15) is 0 Å². The van der Waals surface area contributed by atoms with Crippen LogP contribution < -0.4 is 4.90 Å². The second-order valence-electron chi connectivity index (χ2n) is 7.45. The Morgan fingerprint density at radius 3 is 2.75 bits per heavy atom. The van der Waals surface area contributed by atoms with Crippen molar-refractivity contribution in [2.75, 3.05) is 31.1 Å². The molecule has 1 aliphatic heterocycles. The van der Waals surface area contributed by atoms with Crippen LogP contribution in [-0.2, 0) is 0 Å². The van der Waals surface area contributed by atoms with Gasteiger partial charge in [0.2, 0.25) is 0 Å². The van der Waals surface area contributed by atoms with E-state index in [4.69, 9.17) is 0 Å². The molecule has 1 aromatic carbocycles. The van der Waals surface area contributed by atoms with E-state index in [0.29, 0.717) is 0 Å². The van der Waals surface area contributed by atoms with Crippen LogP contribution in [0.3, 0.4) is 0 Å². The summed E-state index contributed by atoms with van der Waals surface area (Å²) in [5, 5.41) is 1.21. The molecule has 1 saturated heterocycles. The van der Waals surface area contributed by atoms with E-state index in [0.717, 1.165) is 35.0 Å². The lowest BCUT2D eigenvalue weighted by Crippen LogP contribution is -2.51. The molecule has 4 heteroatoms. The minimum Gasteiger partial charge on any atom is -0.367 e. The molecule has 1 aliphatic carbocycles. The Labute approximate surface area is 153 Å². The Hall–Kier alpha value is -1.13. The summed E-state index contributed by atoms with van der Waals surface area (Å²) in [7, 11) is 0. The smallest absolute Gasteiger partial charge is 0.0936 e. The molecule has 0 spiro atoms. The molecule has 3 nitrogen and oxygen atoms in total. The average molecular weight is 388 g/mol. The summed E-state index contributed by atoms with van der Waals surface area (Å²) in [6.45, 7) is 6.98. The van der Waals surface area contributed by atoms with Gasteiger partial charge in [-0.15, -0.1) is 0 Å². The summed E-state index contributed by atoms with van der Waals surface area (Å²) >= 11 is 3.67. The van der Waals surface area contributed by atoms with Crippen LogP contribution in [0.5, 0.6) is 0 Å². The number of hydrogen-bond acceptors (Lipinski definition) is 3. The third kappa shape index (κ3) is 3.31. The van der Waals surface area contributed by atoms with Gasteiger partial charge < -0.3 is 4.90 Å². The molecule has 2 unspecified atom stereocenters. The second-order valence-corrected chi connectivity index (χ2v) is 8.36. The Bertz CT molecular complexity index is 709. The van der Waals surface area contributed by atoms with Gasteiger partial charge >= 0.3 is 0 Å². The molecule has 2 aromatic rings. The van der Waals surface area contributed by atoms with Crippen LogP contribution in [0.15, 0.2) is 34.9 Å². The molecule has 0 radical (unpaired) electrons. The fraction of sp³-hybridized carbons (Fsp3) is 0.550. The standard InChI is InChI=1S/C20H26BrN3/c1-15-4-2-6-18(12-15)23-8-10-24(11-9-23)19-14-17(21)13-16-5-3-7-22-20(16)19/h3,5,7,13-15,18H,2,4,6,8-12H2,1H3. The zero-order valence-corrected chi connectivity index (χ0v) is 16.0. The molecular formula is C20H26BrN3. The van der Waals surface area contributed by atoms with Gasteiger partial charge in [-0.05, 0) is 37.0 Å². The van der Waals surface area contributed by atoms with Crippen LogP contribution in [0, 0.1) is 5.92 Å². The minimum absolute atomic E-state index is 0.813. The number of halogens is 1. The van der Waals surface area contributed by atoms with Gasteiger partial charge in [-0.3, -0.25) is 9.88 Å². The number of rotatable bonds is 2. The summed E-state index contributed by atoms with van der Waals surface area (Å²) in [5.74, 6) is 0.903. The van der Waals surface area contributed by atoms with E-state index in [1.54, 1.807) is 0 Å². The molecule has 2 atom stereocenters. The summed E-state index contributed by atoms with van der Waals surface area (Å²) in [6, 6.07) is 9.36. The highest BCUT2D eigenvalue weighted by Gasteiger charge is 2.28. The largest absolute Gasteiger partial charge is 0.367 e. The van der Waals surface area contributed by atoms with Gasteiger partial charge in [0.25, 0.3) is 0 Å². The van der Waals surface area contributed by atoms with Crippen molar-refractivity contribution in [3.63, 3.8) is 0 Å². The molecule has 2 fully saturated rings. The molecule has 0 bridgehead atoms. The maximum absolute atomic E-state index is 4.64. The number of nitrogens with zero attached hydrogens (tertiary/aromatic N) is 3. The maximum Gasteiger partial charge on any atom is 0.0936 e. The summed E-state index contributed by atoms with van der Waals surface area (Å²) in [4.78, 5) is 9.89. The van der Waals surface area contributed by atoms with Gasteiger partial charge in [0, 0.05) is 48.3 Å². The first kappa shape index (κ1) is 16.3. The van der Waals surface area contributed by atoms with Crippen molar-refractivity contribution in [1.29, 1.82) is 0 Å². The van der Waals surface area contributed by atoms with E-state index >= 15 is 0 Å². The zero-order chi connectivity index (χ0) is 16.5. The average Bonchev–Trinajstić information content (AvgIpc) is 2.61. The molecule has 24 heavy (non-hydrogen) atoms. The van der Waals surface area contributed by atoms with Crippen molar-refractivity contribution in [3.05, 3.63) is 34.9 Å². The summed E-state index contributed by atoms with van der Waals surface area (Å²) in [6.07, 6.45) is 7.52. The van der Waals surface area contributed by atoms with Gasteiger partial charge in [0.1, 0.15) is 0 Å². The number of aromatic nitrogens is 1. The Morgan fingerprint density at radius 1 is 1.12 bits per heavy atom. The normalized spacial score (nSPS) is 26.0. The molecule has 4 rings (SSSR count). The molecule has 2 aliphatic rings. The highest BCUT2D eigenvalue weighted by Crippen LogP contribution is 2.32. The highest BCUT2D eigenvalue weighted by molar-refractivity contribution is 9.10. The van der Waals surface area contributed by atoms with Gasteiger partial charge in [0.15, 0.2) is 0 Å². The van der Waals surface area contributed by atoms with Crippen LogP contribution in [0.4, 0.5) is 5.69 Å². The lowest BCUT2D eigenvalue weighted by molar-refractivity contribution is 0.127. The predicted molar refractivity (Wildman–Crippen MR) is 105 cm³/mol. The monoisotopic (exact) mass is 387 g/mol. The van der Waals surface area contributed by atoms with Gasteiger partial charge in [-0.25, -0.2) is 0 Å². The number of pyridine rings is 1. The first-order valence-electron chi connectivity index (χ1n) is 9.24. The molecular weight excluding hydrogens is 362 g/mol. The van der Waals surface area contributed by atoms with E-state index in [-0.39, 0.29) is 0 Å². The zero-order valence-electron chi connectivity index (χ0n) is 14.4. The van der Waals surface area contributed by atoms with Crippen molar-refractivity contribution in [3.8, 4) is 0 Å². The van der Waals surface area contributed by atoms with E-state index in [1.165, 1.54) is 49.8 Å². The second kappa shape index (κ2) is 7.01. The SMILES string of the molecule is CC1CCCC(N2CCN(c3cc(Br)cc4cccnc34)CC2)C1. The quantitative estimate of drug-likeness (QED) is 0.744. The minimum atomic E-state index is 0.813. The predicted octanol–water partition coefficient (Wildman–Crippen LogP) is 4.70. The lowest BCUT2D eigenvalue weighted by atomic mass is 9.86. The van der Waals surface area contributed by atoms with Crippen LogP contribution in [0.1, 0.15) is 32.6 Å². The fourth-order valence-corrected chi connectivity index (χ4v) is 4.90. The molecule has 0 amide bonds. The van der Waals surface area contributed by atoms with E-state index in [9.17, 15) is 0 Å². The van der Waals surface area contributed by atoms with E-state index in [1.807, 2.05) is 12.3 Å². The van der Waals surface area contributed by atoms with Crippen molar-refractivity contribution >= 4 is 32.5 Å². The Kier molecular flexibility index (Phi) is 4.77. The first-order valence-corrected chi connectivity index (χ1v) is 10.0. The number of fused-ring (bicyclic) bond motifs is 1.